The molecule has 0 amide bonds. The molecule has 9 nitrogen and oxygen atoms in total. The standard InChI is InChI=1S/C27H29N5O4/c1-18-24-23(16-35-18)32(26-25(24)29-17-30-27(26)28)19-5-7-20(8-6-19)36-22-4-2-3-21(15-22)34-14-11-31-9-12-33-13-10-31/h2-8,15,17-18H,9-14,16H2,1H3,(H2,28,29,30). The van der Waals surface area contributed by atoms with E-state index in [1.165, 1.54) is 6.33 Å². The Morgan fingerprint density at radius 3 is 2.67 bits per heavy atom. The van der Waals surface area contributed by atoms with Crippen molar-refractivity contribution in [3.63, 3.8) is 0 Å². The van der Waals surface area contributed by atoms with Gasteiger partial charge in [0, 0.05) is 37.0 Å². The number of nitrogens with zero attached hydrogens (tertiary/aromatic N) is 4. The van der Waals surface area contributed by atoms with Crippen molar-refractivity contribution in [1.82, 2.24) is 19.4 Å². The molecular formula is C27H29N5O4. The highest BCUT2D eigenvalue weighted by Gasteiger charge is 2.30. The van der Waals surface area contributed by atoms with Crippen LogP contribution in [0.3, 0.4) is 0 Å². The van der Waals surface area contributed by atoms with Gasteiger partial charge in [0.2, 0.25) is 0 Å². The fourth-order valence-electron chi connectivity index (χ4n) is 4.89. The van der Waals surface area contributed by atoms with E-state index in [9.17, 15) is 0 Å². The predicted molar refractivity (Wildman–Crippen MR) is 136 cm³/mol. The van der Waals surface area contributed by atoms with Crippen LogP contribution in [0.2, 0.25) is 0 Å². The number of hydrogen-bond acceptors (Lipinski definition) is 8. The molecule has 0 bridgehead atoms. The number of aromatic nitrogens is 3. The molecule has 2 aliphatic heterocycles. The smallest absolute Gasteiger partial charge is 0.151 e. The van der Waals surface area contributed by atoms with Crippen LogP contribution in [0, 0.1) is 0 Å². The normalized spacial score (nSPS) is 17.9. The Balaban J connectivity index is 1.18. The van der Waals surface area contributed by atoms with E-state index >= 15 is 0 Å². The Bertz CT molecular complexity index is 1360. The Morgan fingerprint density at radius 2 is 1.83 bits per heavy atom. The lowest BCUT2D eigenvalue weighted by Gasteiger charge is -2.26. The number of fused-ring (bicyclic) bond motifs is 3. The van der Waals surface area contributed by atoms with E-state index in [2.05, 4.69) is 19.4 Å². The Kier molecular flexibility index (Phi) is 6.18. The maximum Gasteiger partial charge on any atom is 0.151 e. The van der Waals surface area contributed by atoms with Crippen LogP contribution >= 0.6 is 0 Å². The summed E-state index contributed by atoms with van der Waals surface area (Å²) in [5, 5.41) is 0. The molecule has 2 aromatic heterocycles. The van der Waals surface area contributed by atoms with E-state index < -0.39 is 0 Å². The fraction of sp³-hybridized carbons (Fsp3) is 0.333. The SMILES string of the molecule is CC1OCc2c1c1ncnc(N)c1n2-c1ccc(Oc2cccc(OCCN3CCOCC3)c2)cc1. The molecule has 36 heavy (non-hydrogen) atoms. The lowest BCUT2D eigenvalue weighted by atomic mass is 10.1. The third-order valence-electron chi connectivity index (χ3n) is 6.70. The molecule has 1 saturated heterocycles. The molecule has 2 aliphatic rings. The molecule has 0 spiro atoms. The number of ether oxygens (including phenoxy) is 4. The van der Waals surface area contributed by atoms with E-state index in [1.807, 2.05) is 55.5 Å². The lowest BCUT2D eigenvalue weighted by molar-refractivity contribution is 0.0322. The van der Waals surface area contributed by atoms with Crippen molar-refractivity contribution in [2.75, 3.05) is 45.2 Å². The third kappa shape index (κ3) is 4.37. The molecule has 9 heteroatoms. The molecule has 1 unspecified atom stereocenters. The summed E-state index contributed by atoms with van der Waals surface area (Å²) in [6, 6.07) is 15.6. The number of nitrogens with two attached hydrogens (primary N) is 1. The van der Waals surface area contributed by atoms with E-state index in [4.69, 9.17) is 24.7 Å². The Labute approximate surface area is 209 Å². The maximum absolute atomic E-state index is 6.27. The topological polar surface area (TPSA) is 96.9 Å². The van der Waals surface area contributed by atoms with Gasteiger partial charge in [-0.2, -0.15) is 0 Å². The van der Waals surface area contributed by atoms with Crippen molar-refractivity contribution in [1.29, 1.82) is 0 Å². The zero-order valence-electron chi connectivity index (χ0n) is 20.2. The van der Waals surface area contributed by atoms with Gasteiger partial charge in [0.25, 0.3) is 0 Å². The zero-order chi connectivity index (χ0) is 24.5. The first kappa shape index (κ1) is 22.8. The lowest BCUT2D eigenvalue weighted by Crippen LogP contribution is -2.38. The Morgan fingerprint density at radius 1 is 1.03 bits per heavy atom. The molecule has 1 fully saturated rings. The summed E-state index contributed by atoms with van der Waals surface area (Å²) in [7, 11) is 0. The minimum atomic E-state index is -0.0379. The minimum absolute atomic E-state index is 0.0379. The summed E-state index contributed by atoms with van der Waals surface area (Å²) in [4.78, 5) is 11.1. The predicted octanol–water partition coefficient (Wildman–Crippen LogP) is 4.10. The van der Waals surface area contributed by atoms with E-state index in [1.54, 1.807) is 0 Å². The van der Waals surface area contributed by atoms with Gasteiger partial charge in [-0.15, -0.1) is 0 Å². The monoisotopic (exact) mass is 487 g/mol. The molecule has 2 aromatic carbocycles. The molecule has 4 heterocycles. The molecule has 0 aliphatic carbocycles. The second-order valence-electron chi connectivity index (χ2n) is 8.98. The fourth-order valence-corrected chi connectivity index (χ4v) is 4.89. The van der Waals surface area contributed by atoms with Gasteiger partial charge in [-0.25, -0.2) is 9.97 Å². The maximum atomic E-state index is 6.27. The van der Waals surface area contributed by atoms with Crippen molar-refractivity contribution in [3.8, 4) is 22.9 Å². The van der Waals surface area contributed by atoms with Gasteiger partial charge in [-0.05, 0) is 43.3 Å². The first-order valence-electron chi connectivity index (χ1n) is 12.2. The van der Waals surface area contributed by atoms with Gasteiger partial charge in [0.05, 0.1) is 31.6 Å². The van der Waals surface area contributed by atoms with Crippen LogP contribution < -0.4 is 15.2 Å². The van der Waals surface area contributed by atoms with Crippen molar-refractivity contribution in [2.45, 2.75) is 19.6 Å². The number of anilines is 1. The summed E-state index contributed by atoms with van der Waals surface area (Å²) in [5.41, 5.74) is 11.0. The van der Waals surface area contributed by atoms with Crippen LogP contribution in [0.5, 0.6) is 17.2 Å². The van der Waals surface area contributed by atoms with Crippen LogP contribution in [0.4, 0.5) is 5.82 Å². The van der Waals surface area contributed by atoms with Crippen LogP contribution in [0.15, 0.2) is 54.9 Å². The van der Waals surface area contributed by atoms with Gasteiger partial charge in [0.1, 0.15) is 41.2 Å². The largest absolute Gasteiger partial charge is 0.492 e. The van der Waals surface area contributed by atoms with Crippen molar-refractivity contribution >= 4 is 16.9 Å². The summed E-state index contributed by atoms with van der Waals surface area (Å²) >= 11 is 0. The quantitative estimate of drug-likeness (QED) is 0.416. The van der Waals surface area contributed by atoms with Crippen molar-refractivity contribution < 1.29 is 18.9 Å². The van der Waals surface area contributed by atoms with Gasteiger partial charge in [0.15, 0.2) is 5.82 Å². The average molecular weight is 488 g/mol. The van der Waals surface area contributed by atoms with Crippen LogP contribution in [-0.4, -0.2) is 58.9 Å². The first-order valence-corrected chi connectivity index (χ1v) is 12.2. The molecular weight excluding hydrogens is 458 g/mol. The van der Waals surface area contributed by atoms with E-state index in [-0.39, 0.29) is 6.10 Å². The average Bonchev–Trinajstić information content (AvgIpc) is 3.44. The third-order valence-corrected chi connectivity index (χ3v) is 6.70. The highest BCUT2D eigenvalue weighted by Crippen LogP contribution is 2.41. The second kappa shape index (κ2) is 9.77. The molecule has 1 atom stereocenters. The molecule has 0 radical (unpaired) electrons. The first-order chi connectivity index (χ1) is 17.7. The minimum Gasteiger partial charge on any atom is -0.492 e. The molecule has 186 valence electrons. The van der Waals surface area contributed by atoms with Crippen molar-refractivity contribution in [3.05, 3.63) is 66.1 Å². The number of hydrogen-bond donors (Lipinski definition) is 1. The number of rotatable bonds is 7. The second-order valence-corrected chi connectivity index (χ2v) is 8.98. The van der Waals surface area contributed by atoms with E-state index in [0.29, 0.717) is 19.0 Å². The zero-order valence-corrected chi connectivity index (χ0v) is 20.2. The van der Waals surface area contributed by atoms with Crippen LogP contribution in [-0.2, 0) is 16.1 Å². The van der Waals surface area contributed by atoms with Gasteiger partial charge in [-0.1, -0.05) is 6.07 Å². The summed E-state index contributed by atoms with van der Waals surface area (Å²) in [6.07, 6.45) is 1.47. The highest BCUT2D eigenvalue weighted by molar-refractivity contribution is 5.91. The molecule has 4 aromatic rings. The van der Waals surface area contributed by atoms with Gasteiger partial charge in [-0.3, -0.25) is 4.90 Å². The highest BCUT2D eigenvalue weighted by atomic mass is 16.5. The molecule has 2 N–H and O–H groups in total. The molecule has 6 rings (SSSR count). The van der Waals surface area contributed by atoms with Crippen LogP contribution in [0.25, 0.3) is 16.7 Å². The van der Waals surface area contributed by atoms with Gasteiger partial charge < -0.3 is 29.2 Å². The summed E-state index contributed by atoms with van der Waals surface area (Å²) < 4.78 is 25.4. The molecule has 0 saturated carbocycles. The van der Waals surface area contributed by atoms with E-state index in [0.717, 1.165) is 78.1 Å². The Hall–Kier alpha value is -3.66. The van der Waals surface area contributed by atoms with Crippen LogP contribution in [0.1, 0.15) is 24.3 Å². The number of morpholine rings is 1. The summed E-state index contributed by atoms with van der Waals surface area (Å²) in [6.45, 7) is 7.54. The van der Waals surface area contributed by atoms with Crippen molar-refractivity contribution in [2.24, 2.45) is 0 Å². The van der Waals surface area contributed by atoms with Gasteiger partial charge >= 0.3 is 0 Å². The summed E-state index contributed by atoms with van der Waals surface area (Å²) in [5.74, 6) is 2.69. The number of nitrogen functional groups attached to an aromatic ring is 1. The number of benzene rings is 2.